The fourth-order valence-corrected chi connectivity index (χ4v) is 6.54. The first-order valence-corrected chi connectivity index (χ1v) is 13.1. The average Bonchev–Trinajstić information content (AvgIpc) is 3.57. The molecular formula is C28H31NO5S. The maximum atomic E-state index is 13.8. The van der Waals surface area contributed by atoms with Gasteiger partial charge in [0.25, 0.3) is 0 Å². The Kier molecular flexibility index (Phi) is 6.69. The molecule has 0 unspecified atom stereocenters. The second-order valence-corrected chi connectivity index (χ2v) is 10.4. The predicted molar refractivity (Wildman–Crippen MR) is 135 cm³/mol. The molecule has 1 aromatic heterocycles. The molecule has 1 fully saturated rings. The molecule has 0 spiro atoms. The largest absolute Gasteiger partial charge is 0.493 e. The quantitative estimate of drug-likeness (QED) is 0.527. The van der Waals surface area contributed by atoms with Crippen molar-refractivity contribution in [2.24, 2.45) is 0 Å². The van der Waals surface area contributed by atoms with Gasteiger partial charge in [0, 0.05) is 39.7 Å². The van der Waals surface area contributed by atoms with Crippen molar-refractivity contribution in [1.29, 1.82) is 0 Å². The van der Waals surface area contributed by atoms with Gasteiger partial charge >= 0.3 is 5.97 Å². The number of hydrogen-bond donors (Lipinski definition) is 1. The molecule has 184 valence electrons. The molecule has 2 heterocycles. The summed E-state index contributed by atoms with van der Waals surface area (Å²) in [6, 6.07) is 9.72. The summed E-state index contributed by atoms with van der Waals surface area (Å²) < 4.78 is 17.3. The molecule has 0 saturated heterocycles. The number of dihydropyridines is 1. The van der Waals surface area contributed by atoms with Crippen molar-refractivity contribution >= 4 is 23.1 Å². The SMILES string of the molecule is COc1cccc([C@@H]2C(C(=O)OC3CCCC3)=C(C)NC3=C2C(=O)C[C@@H](c2cccs2)C3)c1OC. The van der Waals surface area contributed by atoms with Crippen molar-refractivity contribution in [3.8, 4) is 11.5 Å². The number of allylic oxidation sites excluding steroid dienone is 3. The van der Waals surface area contributed by atoms with E-state index in [2.05, 4.69) is 11.4 Å². The number of rotatable bonds is 6. The van der Waals surface area contributed by atoms with Gasteiger partial charge in [0.1, 0.15) is 6.10 Å². The number of ether oxygens (including phenoxy) is 3. The number of hydrogen-bond acceptors (Lipinski definition) is 7. The number of carbonyl (C=O) groups excluding carboxylic acids is 2. The third-order valence-electron chi connectivity index (χ3n) is 7.31. The summed E-state index contributed by atoms with van der Waals surface area (Å²) >= 11 is 1.68. The summed E-state index contributed by atoms with van der Waals surface area (Å²) in [6.45, 7) is 1.90. The summed E-state index contributed by atoms with van der Waals surface area (Å²) in [5.41, 5.74) is 3.45. The lowest BCUT2D eigenvalue weighted by molar-refractivity contribution is -0.144. The molecule has 1 saturated carbocycles. The van der Waals surface area contributed by atoms with Gasteiger partial charge in [0.15, 0.2) is 17.3 Å². The number of esters is 1. The van der Waals surface area contributed by atoms with Crippen molar-refractivity contribution in [3.05, 3.63) is 68.7 Å². The maximum absolute atomic E-state index is 13.8. The van der Waals surface area contributed by atoms with E-state index in [1.54, 1.807) is 25.6 Å². The Bertz CT molecular complexity index is 1190. The molecule has 5 rings (SSSR count). The van der Waals surface area contributed by atoms with Crippen LogP contribution in [0.2, 0.25) is 0 Å². The minimum atomic E-state index is -0.581. The molecule has 0 radical (unpaired) electrons. The van der Waals surface area contributed by atoms with Crippen molar-refractivity contribution in [3.63, 3.8) is 0 Å². The van der Waals surface area contributed by atoms with Gasteiger partial charge in [-0.25, -0.2) is 4.79 Å². The van der Waals surface area contributed by atoms with Crippen LogP contribution in [0.4, 0.5) is 0 Å². The van der Waals surface area contributed by atoms with Crippen LogP contribution in [0.1, 0.15) is 67.7 Å². The Labute approximate surface area is 210 Å². The number of thiophene rings is 1. The second kappa shape index (κ2) is 9.90. The van der Waals surface area contributed by atoms with Gasteiger partial charge in [-0.3, -0.25) is 4.79 Å². The molecule has 0 bridgehead atoms. The third kappa shape index (κ3) is 4.38. The number of carbonyl (C=O) groups is 2. The second-order valence-electron chi connectivity index (χ2n) is 9.43. The summed E-state index contributed by atoms with van der Waals surface area (Å²) in [4.78, 5) is 28.6. The average molecular weight is 494 g/mol. The highest BCUT2D eigenvalue weighted by Gasteiger charge is 2.43. The van der Waals surface area contributed by atoms with Gasteiger partial charge in [-0.1, -0.05) is 18.2 Å². The van der Waals surface area contributed by atoms with E-state index in [4.69, 9.17) is 14.2 Å². The van der Waals surface area contributed by atoms with Crippen LogP contribution in [0.15, 0.2) is 58.3 Å². The summed E-state index contributed by atoms with van der Waals surface area (Å²) in [5.74, 6) is 0.318. The molecule has 2 atom stereocenters. The van der Waals surface area contributed by atoms with E-state index in [-0.39, 0.29) is 23.8 Å². The molecule has 3 aliphatic rings. The van der Waals surface area contributed by atoms with Crippen LogP contribution in [-0.2, 0) is 14.3 Å². The lowest BCUT2D eigenvalue weighted by atomic mass is 9.72. The molecule has 0 amide bonds. The molecule has 1 N–H and O–H groups in total. The van der Waals surface area contributed by atoms with Gasteiger partial charge in [-0.15, -0.1) is 11.3 Å². The van der Waals surface area contributed by atoms with E-state index in [0.29, 0.717) is 35.5 Å². The van der Waals surface area contributed by atoms with Gasteiger partial charge in [-0.05, 0) is 56.5 Å². The van der Waals surface area contributed by atoms with Crippen molar-refractivity contribution in [2.45, 2.75) is 63.4 Å². The molecule has 35 heavy (non-hydrogen) atoms. The highest BCUT2D eigenvalue weighted by atomic mass is 32.1. The van der Waals surface area contributed by atoms with Gasteiger partial charge in [0.05, 0.1) is 25.7 Å². The zero-order valence-corrected chi connectivity index (χ0v) is 21.2. The highest BCUT2D eigenvalue weighted by molar-refractivity contribution is 7.10. The Balaban J connectivity index is 1.61. The van der Waals surface area contributed by atoms with Crippen LogP contribution >= 0.6 is 11.3 Å². The summed E-state index contributed by atoms with van der Waals surface area (Å²) in [7, 11) is 3.17. The normalized spacial score (nSPS) is 22.7. The van der Waals surface area contributed by atoms with Crippen LogP contribution in [0.25, 0.3) is 0 Å². The van der Waals surface area contributed by atoms with Gasteiger partial charge in [0.2, 0.25) is 0 Å². The number of nitrogens with one attached hydrogen (secondary N) is 1. The van der Waals surface area contributed by atoms with E-state index in [9.17, 15) is 9.59 Å². The predicted octanol–water partition coefficient (Wildman–Crippen LogP) is 5.61. The van der Waals surface area contributed by atoms with E-state index in [1.807, 2.05) is 36.6 Å². The molecule has 2 aliphatic carbocycles. The van der Waals surface area contributed by atoms with Crippen molar-refractivity contribution < 1.29 is 23.8 Å². The fraction of sp³-hybridized carbons (Fsp3) is 0.429. The Morgan fingerprint density at radius 3 is 2.54 bits per heavy atom. The minimum Gasteiger partial charge on any atom is -0.493 e. The zero-order valence-electron chi connectivity index (χ0n) is 20.4. The van der Waals surface area contributed by atoms with Crippen LogP contribution in [0, 0.1) is 0 Å². The Hall–Kier alpha value is -3.06. The smallest absolute Gasteiger partial charge is 0.337 e. The van der Waals surface area contributed by atoms with E-state index >= 15 is 0 Å². The van der Waals surface area contributed by atoms with Gasteiger partial charge in [-0.2, -0.15) is 0 Å². The first-order valence-electron chi connectivity index (χ1n) is 12.2. The standard InChI is InChI=1S/C28H31NO5S/c1-16-24(28(31)34-18-8-4-5-9-18)25(19-10-6-11-22(32-2)27(19)33-3)26-20(29-16)14-17(15-21(26)30)23-12-7-13-35-23/h6-7,10-13,17-18,25,29H,4-5,8-9,14-15H2,1-3H3/t17-,25+/m0/s1. The topological polar surface area (TPSA) is 73.9 Å². The van der Waals surface area contributed by atoms with E-state index < -0.39 is 5.92 Å². The first-order chi connectivity index (χ1) is 17.0. The number of para-hydroxylation sites is 1. The van der Waals surface area contributed by atoms with E-state index in [0.717, 1.165) is 42.6 Å². The monoisotopic (exact) mass is 493 g/mol. The summed E-state index contributed by atoms with van der Waals surface area (Å²) in [6.07, 6.45) is 4.96. The molecule has 6 nitrogen and oxygen atoms in total. The maximum Gasteiger partial charge on any atom is 0.337 e. The molecule has 1 aromatic carbocycles. The number of ketones is 1. The number of methoxy groups -OCH3 is 2. The van der Waals surface area contributed by atoms with Crippen LogP contribution in [0.3, 0.4) is 0 Å². The van der Waals surface area contributed by atoms with E-state index in [1.165, 1.54) is 4.88 Å². The van der Waals surface area contributed by atoms with Gasteiger partial charge < -0.3 is 19.5 Å². The van der Waals surface area contributed by atoms with Crippen LogP contribution in [-0.4, -0.2) is 32.1 Å². The highest BCUT2D eigenvalue weighted by Crippen LogP contribution is 2.49. The third-order valence-corrected chi connectivity index (χ3v) is 8.35. The summed E-state index contributed by atoms with van der Waals surface area (Å²) in [5, 5.41) is 5.48. The number of Topliss-reactive ketones (excluding diaryl/α,β-unsaturated/α-hetero) is 1. The van der Waals surface area contributed by atoms with Crippen LogP contribution in [0.5, 0.6) is 11.5 Å². The lowest BCUT2D eigenvalue weighted by Gasteiger charge is -2.37. The Morgan fingerprint density at radius 1 is 1.06 bits per heavy atom. The zero-order chi connectivity index (χ0) is 24.5. The molecule has 1 aliphatic heterocycles. The molecule has 2 aromatic rings. The first kappa shape index (κ1) is 23.7. The van der Waals surface area contributed by atoms with Crippen molar-refractivity contribution in [2.75, 3.05) is 14.2 Å². The molecular weight excluding hydrogens is 462 g/mol. The fourth-order valence-electron chi connectivity index (χ4n) is 5.71. The minimum absolute atomic E-state index is 0.0469. The molecule has 7 heteroatoms. The number of benzene rings is 1. The van der Waals surface area contributed by atoms with Crippen LogP contribution < -0.4 is 14.8 Å². The Morgan fingerprint density at radius 2 is 1.86 bits per heavy atom. The lowest BCUT2D eigenvalue weighted by Crippen LogP contribution is -2.36. The van der Waals surface area contributed by atoms with Crippen molar-refractivity contribution in [1.82, 2.24) is 5.32 Å².